The summed E-state index contributed by atoms with van der Waals surface area (Å²) in [6.45, 7) is 33.4. The number of carbonyl (C=O) groups excluding carboxylic acids is 3. The molecule has 2 fully saturated rings. The van der Waals surface area contributed by atoms with Gasteiger partial charge in [0.1, 0.15) is 6.61 Å². The molecule has 3 amide bonds. The highest BCUT2D eigenvalue weighted by Crippen LogP contribution is 2.40. The number of ether oxygens (including phenoxy) is 7. The van der Waals surface area contributed by atoms with Gasteiger partial charge in [-0.3, -0.25) is 14.4 Å². The SMILES string of the molecule is C=C1C[C@@H](CO[Si](C)(C)C(C)(C)C)N(C(=O)c2cc(OC)c(OCCC(CCOc3cc(N)c(C(=O)N4CC(=C)C[C@H]4CO[Si](C)(C)C(C)(C)C)cc3OC)NC(=O)COCCOCCOCCN=[N+]=[N-])cc2N)C1. The lowest BCUT2D eigenvalue weighted by molar-refractivity contribution is -0.127. The lowest BCUT2D eigenvalue weighted by atomic mass is 10.1. The molecule has 2 saturated heterocycles. The first-order valence-electron chi connectivity index (χ1n) is 25.7. The second kappa shape index (κ2) is 28.2. The number of hydrogen-bond donors (Lipinski definition) is 3. The molecule has 2 aromatic carbocycles. The molecule has 22 heteroatoms. The van der Waals surface area contributed by atoms with E-state index in [-0.39, 0.29) is 102 Å². The van der Waals surface area contributed by atoms with E-state index >= 15 is 0 Å². The summed E-state index contributed by atoms with van der Waals surface area (Å²) < 4.78 is 53.4. The molecular formula is C53H86N8O12Si2. The number of azide groups is 1. The lowest BCUT2D eigenvalue weighted by Gasteiger charge is -2.38. The minimum Gasteiger partial charge on any atom is -0.493 e. The Labute approximate surface area is 446 Å². The summed E-state index contributed by atoms with van der Waals surface area (Å²) in [6, 6.07) is 5.50. The summed E-state index contributed by atoms with van der Waals surface area (Å²) in [5.74, 6) is 0.402. The molecule has 2 aliphatic heterocycles. The van der Waals surface area contributed by atoms with Crippen molar-refractivity contribution in [1.82, 2.24) is 15.1 Å². The summed E-state index contributed by atoms with van der Waals surface area (Å²) in [4.78, 5) is 47.7. The predicted octanol–water partition coefficient (Wildman–Crippen LogP) is 8.54. The van der Waals surface area contributed by atoms with Gasteiger partial charge in [-0.05, 0) is 66.8 Å². The van der Waals surface area contributed by atoms with Crippen LogP contribution in [0.3, 0.4) is 0 Å². The van der Waals surface area contributed by atoms with E-state index in [9.17, 15) is 14.4 Å². The Morgan fingerprint density at radius 2 is 1.11 bits per heavy atom. The molecular weight excluding hydrogens is 997 g/mol. The van der Waals surface area contributed by atoms with Crippen molar-refractivity contribution < 1.29 is 56.4 Å². The molecule has 0 unspecified atom stereocenters. The van der Waals surface area contributed by atoms with E-state index in [1.807, 2.05) is 0 Å². The Bertz CT molecular complexity index is 2200. The van der Waals surface area contributed by atoms with Gasteiger partial charge < -0.3 is 68.6 Å². The van der Waals surface area contributed by atoms with E-state index in [2.05, 4.69) is 96.2 Å². The van der Waals surface area contributed by atoms with Crippen LogP contribution in [-0.4, -0.2) is 162 Å². The molecule has 2 aliphatic rings. The number of anilines is 2. The van der Waals surface area contributed by atoms with E-state index < -0.39 is 22.7 Å². The second-order valence-corrected chi connectivity index (χ2v) is 31.8. The fraction of sp³-hybridized carbons (Fsp3) is 0.642. The molecule has 5 N–H and O–H groups in total. The molecule has 0 radical (unpaired) electrons. The number of nitrogens with two attached hydrogens (primary N) is 2. The number of carbonyl (C=O) groups is 3. The number of benzene rings is 2. The van der Waals surface area contributed by atoms with E-state index in [1.54, 1.807) is 34.1 Å². The molecule has 0 saturated carbocycles. The minimum atomic E-state index is -2.08. The van der Waals surface area contributed by atoms with Crippen molar-refractivity contribution in [3.63, 3.8) is 0 Å². The summed E-state index contributed by atoms with van der Waals surface area (Å²) in [6.07, 6.45) is 1.92. The number of nitrogens with zero attached hydrogens (tertiary/aromatic N) is 5. The highest BCUT2D eigenvalue weighted by atomic mass is 28.4. The molecule has 2 atom stereocenters. The normalized spacial score (nSPS) is 16.3. The Hall–Kier alpha value is -5.33. The average molecular weight is 1080 g/mol. The van der Waals surface area contributed by atoms with Crippen molar-refractivity contribution in [3.05, 3.63) is 70.1 Å². The molecule has 20 nitrogen and oxygen atoms in total. The van der Waals surface area contributed by atoms with E-state index in [0.717, 1.165) is 11.1 Å². The summed E-state index contributed by atoms with van der Waals surface area (Å²) >= 11 is 0. The zero-order valence-electron chi connectivity index (χ0n) is 46.8. The van der Waals surface area contributed by atoms with Crippen LogP contribution in [0.4, 0.5) is 11.4 Å². The Morgan fingerprint density at radius 1 is 0.693 bits per heavy atom. The highest BCUT2D eigenvalue weighted by molar-refractivity contribution is 6.74. The van der Waals surface area contributed by atoms with Gasteiger partial charge in [-0.1, -0.05) is 71.0 Å². The Kier molecular flexibility index (Phi) is 23.4. The van der Waals surface area contributed by atoms with Gasteiger partial charge in [0.2, 0.25) is 5.91 Å². The zero-order valence-corrected chi connectivity index (χ0v) is 48.8. The maximum Gasteiger partial charge on any atom is 0.256 e. The molecule has 2 heterocycles. The van der Waals surface area contributed by atoms with Gasteiger partial charge in [-0.15, -0.1) is 0 Å². The first-order chi connectivity index (χ1) is 35.2. The molecule has 0 spiro atoms. The average Bonchev–Trinajstić information content (AvgIpc) is 3.91. The summed E-state index contributed by atoms with van der Waals surface area (Å²) in [7, 11) is -1.18. The fourth-order valence-electron chi connectivity index (χ4n) is 7.88. The minimum absolute atomic E-state index is 0.0142. The van der Waals surface area contributed by atoms with Crippen LogP contribution in [0.25, 0.3) is 10.4 Å². The number of hydrogen-bond acceptors (Lipinski definition) is 15. The first kappa shape index (κ1) is 62.2. The van der Waals surface area contributed by atoms with Crippen molar-refractivity contribution >= 4 is 45.7 Å². The first-order valence-corrected chi connectivity index (χ1v) is 31.5. The van der Waals surface area contributed by atoms with Gasteiger partial charge in [0.05, 0.1) is 96.9 Å². The van der Waals surface area contributed by atoms with Crippen LogP contribution < -0.4 is 35.7 Å². The van der Waals surface area contributed by atoms with Gasteiger partial charge in [0, 0.05) is 66.9 Å². The van der Waals surface area contributed by atoms with Crippen LogP contribution in [0.5, 0.6) is 23.0 Å². The van der Waals surface area contributed by atoms with E-state index in [0.29, 0.717) is 94.8 Å². The van der Waals surface area contributed by atoms with Crippen LogP contribution in [0.15, 0.2) is 53.7 Å². The maximum absolute atomic E-state index is 14.1. The van der Waals surface area contributed by atoms with Gasteiger partial charge >= 0.3 is 0 Å². The highest BCUT2D eigenvalue weighted by Gasteiger charge is 2.42. The van der Waals surface area contributed by atoms with Crippen molar-refractivity contribution in [2.24, 2.45) is 5.11 Å². The molecule has 4 rings (SSSR count). The topological polar surface area (TPSA) is 254 Å². The summed E-state index contributed by atoms with van der Waals surface area (Å²) in [5.41, 5.74) is 24.4. The monoisotopic (exact) mass is 1080 g/mol. The molecule has 0 aliphatic carbocycles. The fourth-order valence-corrected chi connectivity index (χ4v) is 9.97. The van der Waals surface area contributed by atoms with Crippen LogP contribution in [0.2, 0.25) is 36.3 Å². The number of rotatable bonds is 30. The zero-order chi connectivity index (χ0) is 55.7. The standard InChI is InChI=1S/C53H86N8O12Si2/c1-36-25-39(33-72-74(11,12)52(3,4)5)60(31-36)50(63)41-27-45(65-9)47(29-43(41)54)70-18-15-38(58-49(62)35-69-24-23-68-22-21-67-20-17-57-59-56)16-19-71-48-30-44(55)42(28-46(48)66-10)51(64)61-32-37(2)26-40(61)34-73-75(13,14)53(6,7)8/h27-30,38-40H,1-2,15-26,31-35,54-55H2,3-14H3,(H,58,62)/t39-,40-/m0/s1. The largest absolute Gasteiger partial charge is 0.493 e. The molecule has 2 aromatic rings. The van der Waals surface area contributed by atoms with Crippen LogP contribution in [0, 0.1) is 0 Å². The van der Waals surface area contributed by atoms with Gasteiger partial charge in [-0.25, -0.2) is 0 Å². The molecule has 0 bridgehead atoms. The van der Waals surface area contributed by atoms with E-state index in [4.69, 9.17) is 59.0 Å². The third kappa shape index (κ3) is 18.2. The van der Waals surface area contributed by atoms with Gasteiger partial charge in [0.25, 0.3) is 11.8 Å². The van der Waals surface area contributed by atoms with Crippen molar-refractivity contribution in [3.8, 4) is 23.0 Å². The van der Waals surface area contributed by atoms with Crippen molar-refractivity contribution in [2.75, 3.05) is 111 Å². The molecule has 418 valence electrons. The Balaban J connectivity index is 1.44. The third-order valence-corrected chi connectivity index (χ3v) is 23.4. The number of amides is 3. The molecule has 0 aromatic heterocycles. The number of methoxy groups -OCH3 is 2. The van der Waals surface area contributed by atoms with Gasteiger partial charge in [0.15, 0.2) is 39.6 Å². The van der Waals surface area contributed by atoms with E-state index in [1.165, 1.54) is 14.2 Å². The summed E-state index contributed by atoms with van der Waals surface area (Å²) in [5, 5.41) is 6.47. The molecule has 75 heavy (non-hydrogen) atoms. The maximum atomic E-state index is 14.1. The lowest BCUT2D eigenvalue weighted by Crippen LogP contribution is -2.46. The van der Waals surface area contributed by atoms with Crippen LogP contribution in [0.1, 0.15) is 87.9 Å². The van der Waals surface area contributed by atoms with Gasteiger partial charge in [-0.2, -0.15) is 0 Å². The smallest absolute Gasteiger partial charge is 0.256 e. The van der Waals surface area contributed by atoms with Crippen molar-refractivity contribution in [1.29, 1.82) is 0 Å². The Morgan fingerprint density at radius 3 is 1.51 bits per heavy atom. The predicted molar refractivity (Wildman–Crippen MR) is 297 cm³/mol. The van der Waals surface area contributed by atoms with Crippen LogP contribution >= 0.6 is 0 Å². The van der Waals surface area contributed by atoms with Crippen molar-refractivity contribution in [2.45, 2.75) is 122 Å². The third-order valence-electron chi connectivity index (χ3n) is 14.4. The number of nitrogens with one attached hydrogen (secondary N) is 1. The second-order valence-electron chi connectivity index (χ2n) is 22.2. The van der Waals surface area contributed by atoms with Crippen LogP contribution in [-0.2, 0) is 27.9 Å². The number of likely N-dealkylation sites (tertiary alicyclic amines) is 2. The quantitative estimate of drug-likeness (QED) is 0.0126. The number of nitrogen functional groups attached to an aromatic ring is 2.